The second-order valence-electron chi connectivity index (χ2n) is 9.04. The Kier molecular flexibility index (Phi) is 4.43. The molecule has 6 heteroatoms. The second kappa shape index (κ2) is 6.85. The van der Waals surface area contributed by atoms with Crippen LogP contribution in [0.2, 0.25) is 0 Å². The van der Waals surface area contributed by atoms with Gasteiger partial charge in [-0.15, -0.1) is 0 Å². The van der Waals surface area contributed by atoms with Crippen LogP contribution in [0.25, 0.3) is 0 Å². The van der Waals surface area contributed by atoms with E-state index in [1.54, 1.807) is 0 Å². The lowest BCUT2D eigenvalue weighted by Crippen LogP contribution is -2.74. The molecule has 4 atom stereocenters. The minimum Gasteiger partial charge on any atom is -0.411 e. The molecule has 0 amide bonds. The lowest BCUT2D eigenvalue weighted by Gasteiger charge is -2.67. The molecule has 2 N–H and O–H groups in total. The van der Waals surface area contributed by atoms with E-state index in [0.29, 0.717) is 5.92 Å². The van der Waals surface area contributed by atoms with Crippen molar-refractivity contribution in [2.75, 3.05) is 26.3 Å². The summed E-state index contributed by atoms with van der Waals surface area (Å²) < 4.78 is 5.62. The number of fused-ring (bicyclic) bond motifs is 1. The third kappa shape index (κ3) is 2.54. The fourth-order valence-electron chi connectivity index (χ4n) is 6.86. The first-order valence-corrected chi connectivity index (χ1v) is 10.5. The average molecular weight is 383 g/mol. The Morgan fingerprint density at radius 3 is 2.57 bits per heavy atom. The SMILES string of the molecule is O/N=C1\CCC2CC3(Cc4ccccc4)CC1C2(N1CCOCC1)C/C3=N\O. The third-order valence-corrected chi connectivity index (χ3v) is 7.99. The van der Waals surface area contributed by atoms with E-state index in [4.69, 9.17) is 4.74 Å². The number of benzene rings is 1. The molecule has 5 aliphatic rings. The average Bonchev–Trinajstić information content (AvgIpc) is 2.75. The van der Waals surface area contributed by atoms with Crippen LogP contribution in [0.15, 0.2) is 40.6 Å². The second-order valence-corrected chi connectivity index (χ2v) is 9.04. The predicted molar refractivity (Wildman–Crippen MR) is 106 cm³/mol. The molecule has 4 saturated carbocycles. The Morgan fingerprint density at radius 1 is 1.07 bits per heavy atom. The fraction of sp³-hybridized carbons (Fsp3) is 0.636. The maximum Gasteiger partial charge on any atom is 0.0654 e. The van der Waals surface area contributed by atoms with Crippen LogP contribution in [0, 0.1) is 17.3 Å². The summed E-state index contributed by atoms with van der Waals surface area (Å²) in [6.45, 7) is 3.29. The Morgan fingerprint density at radius 2 is 1.86 bits per heavy atom. The van der Waals surface area contributed by atoms with Crippen LogP contribution in [0.1, 0.15) is 37.7 Å². The maximum atomic E-state index is 10.0. The van der Waals surface area contributed by atoms with Crippen LogP contribution < -0.4 is 0 Å². The van der Waals surface area contributed by atoms with Gasteiger partial charge in [0.1, 0.15) is 0 Å². The Labute approximate surface area is 165 Å². The fourth-order valence-corrected chi connectivity index (χ4v) is 6.86. The van der Waals surface area contributed by atoms with Crippen molar-refractivity contribution in [3.63, 3.8) is 0 Å². The largest absolute Gasteiger partial charge is 0.411 e. The quantitative estimate of drug-likeness (QED) is 0.621. The molecule has 0 spiro atoms. The molecular weight excluding hydrogens is 354 g/mol. The smallest absolute Gasteiger partial charge is 0.0654 e. The number of rotatable bonds is 3. The van der Waals surface area contributed by atoms with Crippen LogP contribution in [0.4, 0.5) is 0 Å². The summed E-state index contributed by atoms with van der Waals surface area (Å²) in [7, 11) is 0. The molecule has 0 aromatic heterocycles. The number of oxime groups is 2. The minimum absolute atomic E-state index is 0.0937. The van der Waals surface area contributed by atoms with Gasteiger partial charge in [0.15, 0.2) is 0 Å². The minimum atomic E-state index is -0.143. The lowest BCUT2D eigenvalue weighted by molar-refractivity contribution is -0.114. The van der Waals surface area contributed by atoms with E-state index < -0.39 is 0 Å². The summed E-state index contributed by atoms with van der Waals surface area (Å²) in [4.78, 5) is 2.56. The van der Waals surface area contributed by atoms with Crippen molar-refractivity contribution in [1.82, 2.24) is 4.90 Å². The molecular formula is C22H29N3O3. The van der Waals surface area contributed by atoms with E-state index in [1.165, 1.54) is 5.56 Å². The van der Waals surface area contributed by atoms with E-state index in [9.17, 15) is 10.4 Å². The number of ether oxygens (including phenoxy) is 1. The van der Waals surface area contributed by atoms with Gasteiger partial charge in [0.05, 0.1) is 24.6 Å². The molecule has 4 unspecified atom stereocenters. The molecule has 28 heavy (non-hydrogen) atoms. The maximum absolute atomic E-state index is 10.0. The molecule has 4 aliphatic carbocycles. The Hall–Kier alpha value is -1.92. The van der Waals surface area contributed by atoms with Crippen LogP contribution in [0.5, 0.6) is 0 Å². The number of nitrogens with zero attached hydrogens (tertiary/aromatic N) is 3. The zero-order valence-corrected chi connectivity index (χ0v) is 16.3. The molecule has 1 aromatic rings. The van der Waals surface area contributed by atoms with Crippen molar-refractivity contribution >= 4 is 11.4 Å². The molecule has 4 bridgehead atoms. The van der Waals surface area contributed by atoms with E-state index in [0.717, 1.165) is 76.3 Å². The van der Waals surface area contributed by atoms with Gasteiger partial charge in [0, 0.05) is 36.4 Å². The van der Waals surface area contributed by atoms with Crippen LogP contribution in [-0.4, -0.2) is 58.6 Å². The standard InChI is InChI=1S/C22H29N3O3/c26-23-19-7-6-17-13-21(12-16-4-2-1-3-5-16)14-18(19)22(17,15-20(21)24-27)25-8-10-28-11-9-25/h1-5,17-18,26-27H,6-15H2/b23-19+,24-20+. The highest BCUT2D eigenvalue weighted by Gasteiger charge is 2.67. The van der Waals surface area contributed by atoms with Gasteiger partial charge in [-0.3, -0.25) is 4.90 Å². The highest BCUT2D eigenvalue weighted by molar-refractivity contribution is 5.98. The van der Waals surface area contributed by atoms with Crippen LogP contribution >= 0.6 is 0 Å². The summed E-state index contributed by atoms with van der Waals surface area (Å²) in [6.07, 6.45) is 5.53. The van der Waals surface area contributed by atoms with Gasteiger partial charge >= 0.3 is 0 Å². The van der Waals surface area contributed by atoms with Gasteiger partial charge in [-0.1, -0.05) is 40.6 Å². The molecule has 6 nitrogen and oxygen atoms in total. The Balaban J connectivity index is 1.58. The van der Waals surface area contributed by atoms with Crippen molar-refractivity contribution in [2.45, 2.75) is 44.1 Å². The Bertz CT molecular complexity index is 789. The van der Waals surface area contributed by atoms with Gasteiger partial charge in [-0.05, 0) is 43.6 Å². The van der Waals surface area contributed by atoms with E-state index in [1.807, 2.05) is 6.07 Å². The number of hydrogen-bond acceptors (Lipinski definition) is 6. The lowest BCUT2D eigenvalue weighted by atomic mass is 9.42. The van der Waals surface area contributed by atoms with Crippen LogP contribution in [0.3, 0.4) is 0 Å². The van der Waals surface area contributed by atoms with Gasteiger partial charge in [-0.25, -0.2) is 0 Å². The van der Waals surface area contributed by atoms with Gasteiger partial charge in [0.2, 0.25) is 0 Å². The summed E-state index contributed by atoms with van der Waals surface area (Å²) in [6, 6.07) is 10.5. The van der Waals surface area contributed by atoms with E-state index >= 15 is 0 Å². The molecule has 150 valence electrons. The first kappa shape index (κ1) is 18.1. The van der Waals surface area contributed by atoms with Crippen LogP contribution in [-0.2, 0) is 11.2 Å². The van der Waals surface area contributed by atoms with Crippen molar-refractivity contribution < 1.29 is 15.2 Å². The van der Waals surface area contributed by atoms with Gasteiger partial charge < -0.3 is 15.2 Å². The molecule has 0 radical (unpaired) electrons. The molecule has 6 rings (SSSR count). The molecule has 1 aromatic carbocycles. The van der Waals surface area contributed by atoms with Crippen molar-refractivity contribution in [1.29, 1.82) is 0 Å². The highest BCUT2D eigenvalue weighted by Crippen LogP contribution is 2.63. The normalized spacial score (nSPS) is 40.9. The summed E-state index contributed by atoms with van der Waals surface area (Å²) >= 11 is 0. The zero-order valence-electron chi connectivity index (χ0n) is 16.3. The topological polar surface area (TPSA) is 77.7 Å². The molecule has 1 saturated heterocycles. The number of morpholine rings is 1. The first-order chi connectivity index (χ1) is 13.7. The summed E-state index contributed by atoms with van der Waals surface area (Å²) in [5.74, 6) is 0.751. The monoisotopic (exact) mass is 383 g/mol. The predicted octanol–water partition coefficient (Wildman–Crippen LogP) is 3.17. The molecule has 5 fully saturated rings. The third-order valence-electron chi connectivity index (χ3n) is 7.99. The highest BCUT2D eigenvalue weighted by atomic mass is 16.5. The van der Waals surface area contributed by atoms with E-state index in [2.05, 4.69) is 39.5 Å². The van der Waals surface area contributed by atoms with Crippen molar-refractivity contribution in [2.24, 2.45) is 27.6 Å². The molecule has 1 heterocycles. The first-order valence-electron chi connectivity index (χ1n) is 10.5. The van der Waals surface area contributed by atoms with Crippen molar-refractivity contribution in [3.8, 4) is 0 Å². The summed E-state index contributed by atoms with van der Waals surface area (Å²) in [5, 5.41) is 27.5. The number of hydrogen-bond donors (Lipinski definition) is 2. The van der Waals surface area contributed by atoms with Gasteiger partial charge in [0.25, 0.3) is 0 Å². The van der Waals surface area contributed by atoms with Gasteiger partial charge in [-0.2, -0.15) is 0 Å². The molecule has 1 aliphatic heterocycles. The van der Waals surface area contributed by atoms with Crippen molar-refractivity contribution in [3.05, 3.63) is 35.9 Å². The zero-order chi connectivity index (χ0) is 19.2. The summed E-state index contributed by atoms with van der Waals surface area (Å²) in [5.41, 5.74) is 2.93. The van der Waals surface area contributed by atoms with E-state index in [-0.39, 0.29) is 16.9 Å².